The lowest BCUT2D eigenvalue weighted by molar-refractivity contribution is -0.114. The lowest BCUT2D eigenvalue weighted by Crippen LogP contribution is -2.30. The SMILES string of the molecule is CN(CC(=O)Nc1ccc(Cl)cc1)c1ccc(C#N)cn1. The van der Waals surface area contributed by atoms with E-state index in [9.17, 15) is 4.79 Å². The molecule has 0 aliphatic heterocycles. The second-order valence-corrected chi connectivity index (χ2v) is 4.86. The summed E-state index contributed by atoms with van der Waals surface area (Å²) in [6.07, 6.45) is 1.48. The van der Waals surface area contributed by atoms with Crippen molar-refractivity contribution in [2.45, 2.75) is 0 Å². The Balaban J connectivity index is 1.95. The van der Waals surface area contributed by atoms with Crippen molar-refractivity contribution in [3.05, 3.63) is 53.2 Å². The number of halogens is 1. The highest BCUT2D eigenvalue weighted by atomic mass is 35.5. The number of aromatic nitrogens is 1. The third-order valence-corrected chi connectivity index (χ3v) is 3.03. The van der Waals surface area contributed by atoms with Crippen molar-refractivity contribution < 1.29 is 4.79 Å². The molecule has 0 unspecified atom stereocenters. The van der Waals surface area contributed by atoms with Gasteiger partial charge in [-0.05, 0) is 36.4 Å². The Bertz CT molecular complexity index is 662. The monoisotopic (exact) mass is 300 g/mol. The molecule has 0 saturated heterocycles. The number of hydrogen-bond donors (Lipinski definition) is 1. The van der Waals surface area contributed by atoms with Gasteiger partial charge in [0.1, 0.15) is 11.9 Å². The third kappa shape index (κ3) is 4.20. The highest BCUT2D eigenvalue weighted by Gasteiger charge is 2.09. The van der Waals surface area contributed by atoms with Crippen LogP contribution in [0.2, 0.25) is 5.02 Å². The van der Waals surface area contributed by atoms with Crippen LogP contribution in [0.25, 0.3) is 0 Å². The van der Waals surface area contributed by atoms with Crippen LogP contribution in [0.1, 0.15) is 5.56 Å². The number of hydrogen-bond acceptors (Lipinski definition) is 4. The largest absolute Gasteiger partial charge is 0.350 e. The van der Waals surface area contributed by atoms with Gasteiger partial charge in [-0.3, -0.25) is 4.79 Å². The summed E-state index contributed by atoms with van der Waals surface area (Å²) in [7, 11) is 1.76. The van der Waals surface area contributed by atoms with Crippen molar-refractivity contribution >= 4 is 29.0 Å². The second kappa shape index (κ2) is 6.73. The molecule has 21 heavy (non-hydrogen) atoms. The Morgan fingerprint density at radius 3 is 2.62 bits per heavy atom. The summed E-state index contributed by atoms with van der Waals surface area (Å²) in [5.41, 5.74) is 1.17. The number of nitriles is 1. The highest BCUT2D eigenvalue weighted by Crippen LogP contribution is 2.14. The minimum absolute atomic E-state index is 0.154. The van der Waals surface area contributed by atoms with Crippen molar-refractivity contribution in [1.29, 1.82) is 5.26 Å². The first-order valence-corrected chi connectivity index (χ1v) is 6.59. The second-order valence-electron chi connectivity index (χ2n) is 4.43. The van der Waals surface area contributed by atoms with Crippen LogP contribution in [-0.2, 0) is 4.79 Å². The Hall–Kier alpha value is -2.58. The fraction of sp³-hybridized carbons (Fsp3) is 0.133. The van der Waals surface area contributed by atoms with E-state index in [0.29, 0.717) is 22.1 Å². The van der Waals surface area contributed by atoms with Gasteiger partial charge in [0, 0.05) is 24.0 Å². The third-order valence-electron chi connectivity index (χ3n) is 2.78. The van der Waals surface area contributed by atoms with Crippen LogP contribution in [0.3, 0.4) is 0 Å². The van der Waals surface area contributed by atoms with Crippen molar-refractivity contribution in [3.8, 4) is 6.07 Å². The lowest BCUT2D eigenvalue weighted by Gasteiger charge is -2.17. The molecule has 1 aromatic heterocycles. The quantitative estimate of drug-likeness (QED) is 0.942. The van der Waals surface area contributed by atoms with Crippen LogP contribution in [0, 0.1) is 11.3 Å². The van der Waals surface area contributed by atoms with E-state index < -0.39 is 0 Å². The first-order valence-electron chi connectivity index (χ1n) is 6.21. The zero-order valence-corrected chi connectivity index (χ0v) is 12.1. The van der Waals surface area contributed by atoms with E-state index in [2.05, 4.69) is 10.3 Å². The van der Waals surface area contributed by atoms with Crippen molar-refractivity contribution in [3.63, 3.8) is 0 Å². The first-order chi connectivity index (χ1) is 10.1. The van der Waals surface area contributed by atoms with Gasteiger partial charge in [-0.25, -0.2) is 4.98 Å². The average Bonchev–Trinajstić information content (AvgIpc) is 2.49. The van der Waals surface area contributed by atoms with Gasteiger partial charge in [-0.1, -0.05) is 11.6 Å². The summed E-state index contributed by atoms with van der Waals surface area (Å²) in [5.74, 6) is 0.464. The van der Waals surface area contributed by atoms with Crippen molar-refractivity contribution in [2.75, 3.05) is 23.8 Å². The number of benzene rings is 1. The molecule has 106 valence electrons. The molecule has 0 bridgehead atoms. The standard InChI is InChI=1S/C15H13ClN4O/c1-20(14-7-2-11(8-17)9-18-14)10-15(21)19-13-5-3-12(16)4-6-13/h2-7,9H,10H2,1H3,(H,19,21). The van der Waals surface area contributed by atoms with Crippen LogP contribution in [0.15, 0.2) is 42.6 Å². The predicted molar refractivity (Wildman–Crippen MR) is 82.3 cm³/mol. The van der Waals surface area contributed by atoms with E-state index in [4.69, 9.17) is 16.9 Å². The number of pyridine rings is 1. The maximum Gasteiger partial charge on any atom is 0.243 e. The molecule has 0 atom stereocenters. The lowest BCUT2D eigenvalue weighted by atomic mass is 10.3. The molecule has 2 rings (SSSR count). The normalized spacial score (nSPS) is 9.76. The van der Waals surface area contributed by atoms with Gasteiger partial charge in [0.05, 0.1) is 12.1 Å². The number of anilines is 2. The van der Waals surface area contributed by atoms with Crippen molar-refractivity contribution in [1.82, 2.24) is 4.98 Å². The molecule has 1 N–H and O–H groups in total. The molecule has 0 spiro atoms. The van der Waals surface area contributed by atoms with Crippen LogP contribution < -0.4 is 10.2 Å². The van der Waals surface area contributed by atoms with Crippen LogP contribution in [-0.4, -0.2) is 24.5 Å². The molecular formula is C15H13ClN4O. The molecule has 5 nitrogen and oxygen atoms in total. The van der Waals surface area contributed by atoms with Gasteiger partial charge in [-0.15, -0.1) is 0 Å². The van der Waals surface area contributed by atoms with Gasteiger partial charge in [0.15, 0.2) is 0 Å². The molecule has 2 aromatic rings. The molecule has 0 saturated carbocycles. The zero-order chi connectivity index (χ0) is 15.2. The number of carbonyl (C=O) groups excluding carboxylic acids is 1. The molecule has 0 aliphatic rings. The number of likely N-dealkylation sites (N-methyl/N-ethyl adjacent to an activating group) is 1. The van der Waals surface area contributed by atoms with E-state index in [1.54, 1.807) is 48.3 Å². The minimum Gasteiger partial charge on any atom is -0.350 e. The van der Waals surface area contributed by atoms with E-state index in [0.717, 1.165) is 0 Å². The molecule has 0 radical (unpaired) electrons. The van der Waals surface area contributed by atoms with Crippen LogP contribution >= 0.6 is 11.6 Å². The summed E-state index contributed by atoms with van der Waals surface area (Å²) in [4.78, 5) is 17.8. The summed E-state index contributed by atoms with van der Waals surface area (Å²) < 4.78 is 0. The highest BCUT2D eigenvalue weighted by molar-refractivity contribution is 6.30. The number of rotatable bonds is 4. The number of carbonyl (C=O) groups is 1. The summed E-state index contributed by atoms with van der Waals surface area (Å²) in [6, 6.07) is 12.3. The first kappa shape index (κ1) is 14.8. The summed E-state index contributed by atoms with van der Waals surface area (Å²) in [6.45, 7) is 0.154. The van der Waals surface area contributed by atoms with Crippen LogP contribution in [0.4, 0.5) is 11.5 Å². The molecule has 0 fully saturated rings. The summed E-state index contributed by atoms with van der Waals surface area (Å²) in [5, 5.41) is 12.1. The van der Waals surface area contributed by atoms with Gasteiger partial charge >= 0.3 is 0 Å². The molecule has 1 heterocycles. The van der Waals surface area contributed by atoms with Crippen LogP contribution in [0.5, 0.6) is 0 Å². The molecule has 6 heteroatoms. The fourth-order valence-electron chi connectivity index (χ4n) is 1.71. The fourth-order valence-corrected chi connectivity index (χ4v) is 1.83. The molecular weight excluding hydrogens is 288 g/mol. The van der Waals surface area contributed by atoms with Gasteiger partial charge in [-0.2, -0.15) is 5.26 Å². The number of nitrogens with one attached hydrogen (secondary N) is 1. The van der Waals surface area contributed by atoms with E-state index >= 15 is 0 Å². The Morgan fingerprint density at radius 2 is 2.05 bits per heavy atom. The maximum absolute atomic E-state index is 11.9. The Labute approximate surface area is 127 Å². The topological polar surface area (TPSA) is 69.0 Å². The predicted octanol–water partition coefficient (Wildman–Crippen LogP) is 2.68. The number of amides is 1. The van der Waals surface area contributed by atoms with E-state index in [1.807, 2.05) is 6.07 Å². The maximum atomic E-state index is 11.9. The van der Waals surface area contributed by atoms with Gasteiger partial charge in [0.2, 0.25) is 5.91 Å². The van der Waals surface area contributed by atoms with E-state index in [1.165, 1.54) is 6.20 Å². The van der Waals surface area contributed by atoms with E-state index in [-0.39, 0.29) is 12.5 Å². The summed E-state index contributed by atoms with van der Waals surface area (Å²) >= 11 is 5.79. The Morgan fingerprint density at radius 1 is 1.33 bits per heavy atom. The molecule has 1 aromatic carbocycles. The zero-order valence-electron chi connectivity index (χ0n) is 11.4. The minimum atomic E-state index is -0.161. The van der Waals surface area contributed by atoms with Gasteiger partial charge in [0.25, 0.3) is 0 Å². The molecule has 0 aliphatic carbocycles. The Kier molecular flexibility index (Phi) is 4.75. The number of nitrogens with zero attached hydrogens (tertiary/aromatic N) is 3. The van der Waals surface area contributed by atoms with Crippen molar-refractivity contribution in [2.24, 2.45) is 0 Å². The smallest absolute Gasteiger partial charge is 0.243 e. The average molecular weight is 301 g/mol. The molecule has 1 amide bonds. The van der Waals surface area contributed by atoms with Gasteiger partial charge < -0.3 is 10.2 Å².